The van der Waals surface area contributed by atoms with Crippen LogP contribution >= 0.6 is 0 Å². The molecule has 1 heteroatoms. The lowest BCUT2D eigenvalue weighted by Gasteiger charge is -2.24. The maximum atomic E-state index is 5.63. The summed E-state index contributed by atoms with van der Waals surface area (Å²) < 4.78 is 5.63. The normalized spacial score (nSPS) is 24.4. The van der Waals surface area contributed by atoms with Crippen LogP contribution in [0.15, 0.2) is 12.2 Å². The van der Waals surface area contributed by atoms with Gasteiger partial charge in [0, 0.05) is 0 Å². The number of ether oxygens (including phenoxy) is 1. The van der Waals surface area contributed by atoms with Gasteiger partial charge in [0.15, 0.2) is 0 Å². The molecule has 1 atom stereocenters. The third-order valence-electron chi connectivity index (χ3n) is 2.46. The average molecular weight is 168 g/mol. The Morgan fingerprint density at radius 2 is 2.33 bits per heavy atom. The molecule has 1 heterocycles. The minimum atomic E-state index is 0.484. The van der Waals surface area contributed by atoms with E-state index in [0.29, 0.717) is 6.10 Å². The summed E-state index contributed by atoms with van der Waals surface area (Å²) in [5.74, 6) is 0. The van der Waals surface area contributed by atoms with Crippen LogP contribution in [0, 0.1) is 0 Å². The third-order valence-corrected chi connectivity index (χ3v) is 2.46. The molecule has 0 amide bonds. The molecule has 0 aliphatic carbocycles. The summed E-state index contributed by atoms with van der Waals surface area (Å²) in [5.41, 5.74) is 1.38. The maximum absolute atomic E-state index is 5.63. The fraction of sp³-hybridized carbons (Fsp3) is 0.818. The summed E-state index contributed by atoms with van der Waals surface area (Å²) in [6.45, 7) is 7.15. The highest BCUT2D eigenvalue weighted by Gasteiger charge is 2.15. The van der Waals surface area contributed by atoms with Crippen molar-refractivity contribution in [3.8, 4) is 0 Å². The Bertz CT molecular complexity index is 140. The van der Waals surface area contributed by atoms with Crippen LogP contribution in [0.25, 0.3) is 0 Å². The van der Waals surface area contributed by atoms with Crippen molar-refractivity contribution >= 4 is 0 Å². The van der Waals surface area contributed by atoms with Gasteiger partial charge in [-0.1, -0.05) is 38.3 Å². The molecule has 1 fully saturated rings. The van der Waals surface area contributed by atoms with Crippen LogP contribution < -0.4 is 0 Å². The first-order valence-electron chi connectivity index (χ1n) is 5.11. The summed E-state index contributed by atoms with van der Waals surface area (Å²) in [7, 11) is 0. The predicted molar refractivity (Wildman–Crippen MR) is 52.3 cm³/mol. The second-order valence-electron chi connectivity index (χ2n) is 3.69. The first kappa shape index (κ1) is 9.79. The molecule has 0 spiro atoms. The molecule has 1 saturated heterocycles. The monoisotopic (exact) mass is 168 g/mol. The van der Waals surface area contributed by atoms with Gasteiger partial charge in [0.05, 0.1) is 12.7 Å². The standard InChI is InChI=1S/C11H20O/c1-3-4-5-6-11-9-10(2)7-8-12-11/h11H,2-9H2,1H3. The smallest absolute Gasteiger partial charge is 0.0612 e. The van der Waals surface area contributed by atoms with Gasteiger partial charge in [-0.2, -0.15) is 0 Å². The highest BCUT2D eigenvalue weighted by molar-refractivity contribution is 4.98. The van der Waals surface area contributed by atoms with Gasteiger partial charge < -0.3 is 4.74 Å². The van der Waals surface area contributed by atoms with Crippen LogP contribution in [0.4, 0.5) is 0 Å². The fourth-order valence-electron chi connectivity index (χ4n) is 1.66. The summed E-state index contributed by atoms with van der Waals surface area (Å²) in [4.78, 5) is 0. The van der Waals surface area contributed by atoms with Gasteiger partial charge in [-0.15, -0.1) is 0 Å². The SMILES string of the molecule is C=C1CCOC(CCCCC)C1. The van der Waals surface area contributed by atoms with Gasteiger partial charge in [0.25, 0.3) is 0 Å². The van der Waals surface area contributed by atoms with Crippen LogP contribution in [0.1, 0.15) is 45.4 Å². The first-order chi connectivity index (χ1) is 5.83. The van der Waals surface area contributed by atoms with Crippen LogP contribution in [-0.2, 0) is 4.74 Å². The highest BCUT2D eigenvalue weighted by atomic mass is 16.5. The summed E-state index contributed by atoms with van der Waals surface area (Å²) in [6, 6.07) is 0. The Morgan fingerprint density at radius 3 is 3.00 bits per heavy atom. The van der Waals surface area contributed by atoms with Crippen LogP contribution in [-0.4, -0.2) is 12.7 Å². The number of hydrogen-bond donors (Lipinski definition) is 0. The van der Waals surface area contributed by atoms with E-state index in [0.717, 1.165) is 19.4 Å². The maximum Gasteiger partial charge on any atom is 0.0612 e. The lowest BCUT2D eigenvalue weighted by atomic mass is 10.00. The van der Waals surface area contributed by atoms with Crippen molar-refractivity contribution in [1.82, 2.24) is 0 Å². The molecule has 12 heavy (non-hydrogen) atoms. The van der Waals surface area contributed by atoms with Crippen molar-refractivity contribution in [2.45, 2.75) is 51.6 Å². The molecule has 1 nitrogen and oxygen atoms in total. The molecule has 0 aromatic rings. The Morgan fingerprint density at radius 1 is 1.50 bits per heavy atom. The summed E-state index contributed by atoms with van der Waals surface area (Å²) in [6.07, 6.45) is 7.84. The van der Waals surface area contributed by atoms with Crippen molar-refractivity contribution in [3.63, 3.8) is 0 Å². The largest absolute Gasteiger partial charge is 0.378 e. The second-order valence-corrected chi connectivity index (χ2v) is 3.69. The number of unbranched alkanes of at least 4 members (excludes halogenated alkanes) is 2. The zero-order valence-corrected chi connectivity index (χ0v) is 8.14. The zero-order valence-electron chi connectivity index (χ0n) is 8.14. The minimum Gasteiger partial charge on any atom is -0.378 e. The minimum absolute atomic E-state index is 0.484. The van der Waals surface area contributed by atoms with Crippen LogP contribution in [0.2, 0.25) is 0 Å². The average Bonchev–Trinajstić information content (AvgIpc) is 2.05. The van der Waals surface area contributed by atoms with E-state index in [2.05, 4.69) is 13.5 Å². The molecule has 0 aromatic carbocycles. The fourth-order valence-corrected chi connectivity index (χ4v) is 1.66. The van der Waals surface area contributed by atoms with Crippen molar-refractivity contribution in [3.05, 3.63) is 12.2 Å². The Balaban J connectivity index is 2.10. The van der Waals surface area contributed by atoms with Gasteiger partial charge in [0.2, 0.25) is 0 Å². The summed E-state index contributed by atoms with van der Waals surface area (Å²) >= 11 is 0. The number of rotatable bonds is 4. The lowest BCUT2D eigenvalue weighted by Crippen LogP contribution is -2.20. The topological polar surface area (TPSA) is 9.23 Å². The molecule has 1 aliphatic heterocycles. The lowest BCUT2D eigenvalue weighted by molar-refractivity contribution is 0.0292. The first-order valence-corrected chi connectivity index (χ1v) is 5.11. The molecule has 70 valence electrons. The van der Waals surface area contributed by atoms with Crippen molar-refractivity contribution in [2.24, 2.45) is 0 Å². The van der Waals surface area contributed by atoms with Crippen molar-refractivity contribution in [1.29, 1.82) is 0 Å². The van der Waals surface area contributed by atoms with Crippen molar-refractivity contribution < 1.29 is 4.74 Å². The van der Waals surface area contributed by atoms with Gasteiger partial charge in [-0.3, -0.25) is 0 Å². The molecule has 0 N–H and O–H groups in total. The van der Waals surface area contributed by atoms with E-state index in [1.807, 2.05) is 0 Å². The Labute approximate surface area is 75.8 Å². The van der Waals surface area contributed by atoms with Crippen molar-refractivity contribution in [2.75, 3.05) is 6.61 Å². The molecule has 0 saturated carbocycles. The highest BCUT2D eigenvalue weighted by Crippen LogP contribution is 2.21. The predicted octanol–water partition coefficient (Wildman–Crippen LogP) is 3.30. The Hall–Kier alpha value is -0.300. The molecule has 0 bridgehead atoms. The van der Waals surface area contributed by atoms with E-state index in [1.54, 1.807) is 0 Å². The zero-order chi connectivity index (χ0) is 8.81. The van der Waals surface area contributed by atoms with Gasteiger partial charge in [-0.25, -0.2) is 0 Å². The summed E-state index contributed by atoms with van der Waals surface area (Å²) in [5, 5.41) is 0. The van der Waals surface area contributed by atoms with Gasteiger partial charge in [0.1, 0.15) is 0 Å². The van der Waals surface area contributed by atoms with E-state index in [4.69, 9.17) is 4.74 Å². The van der Waals surface area contributed by atoms with Gasteiger partial charge >= 0.3 is 0 Å². The second kappa shape index (κ2) is 5.36. The quantitative estimate of drug-likeness (QED) is 0.462. The molecule has 1 unspecified atom stereocenters. The van der Waals surface area contributed by atoms with Crippen LogP contribution in [0.5, 0.6) is 0 Å². The molecule has 1 aliphatic rings. The van der Waals surface area contributed by atoms with Crippen LogP contribution in [0.3, 0.4) is 0 Å². The molecule has 0 aromatic heterocycles. The van der Waals surface area contributed by atoms with E-state index in [9.17, 15) is 0 Å². The van der Waals surface area contributed by atoms with E-state index in [-0.39, 0.29) is 0 Å². The Kier molecular flexibility index (Phi) is 4.37. The number of hydrogen-bond acceptors (Lipinski definition) is 1. The molecule has 1 rings (SSSR count). The van der Waals surface area contributed by atoms with E-state index >= 15 is 0 Å². The molecule has 0 radical (unpaired) electrons. The van der Waals surface area contributed by atoms with E-state index in [1.165, 1.54) is 31.3 Å². The third kappa shape index (κ3) is 3.40. The molecular formula is C11H20O. The van der Waals surface area contributed by atoms with Gasteiger partial charge in [-0.05, 0) is 19.3 Å². The van der Waals surface area contributed by atoms with E-state index < -0.39 is 0 Å². The molecular weight excluding hydrogens is 148 g/mol.